The Morgan fingerprint density at radius 1 is 1.28 bits per heavy atom. The van der Waals surface area contributed by atoms with Gasteiger partial charge in [-0.3, -0.25) is 10.2 Å². The van der Waals surface area contributed by atoms with Crippen LogP contribution in [0, 0.1) is 0 Å². The molecular weight excluding hydrogens is 402 g/mol. The van der Waals surface area contributed by atoms with Crippen molar-refractivity contribution in [2.45, 2.75) is 6.92 Å². The highest BCUT2D eigenvalue weighted by Gasteiger charge is 2.04. The van der Waals surface area contributed by atoms with E-state index in [1.54, 1.807) is 24.4 Å². The number of ether oxygens (including phenoxy) is 1. The van der Waals surface area contributed by atoms with Gasteiger partial charge in [0.15, 0.2) is 0 Å². The first kappa shape index (κ1) is 17.3. The third kappa shape index (κ3) is 4.74. The van der Waals surface area contributed by atoms with Crippen LogP contribution < -0.4 is 10.2 Å². The number of thiazole rings is 1. The summed E-state index contributed by atoms with van der Waals surface area (Å²) in [7, 11) is 0. The molecule has 3 aromatic rings. The maximum Gasteiger partial charge on any atom is 0.308 e. The molecule has 0 fully saturated rings. The zero-order valence-electron chi connectivity index (χ0n) is 13.3. The van der Waals surface area contributed by atoms with Crippen molar-refractivity contribution in [2.24, 2.45) is 5.10 Å². The van der Waals surface area contributed by atoms with E-state index in [9.17, 15) is 4.79 Å². The molecule has 2 aromatic carbocycles. The maximum absolute atomic E-state index is 11.0. The SMILES string of the molecule is CC(=O)Oc1ccc(Br)c(C=NNc2nc(-c3ccccc3)cs2)c1. The quantitative estimate of drug-likeness (QED) is 0.277. The number of benzene rings is 2. The molecule has 3 rings (SSSR count). The first-order valence-corrected chi connectivity index (χ1v) is 9.07. The third-order valence-electron chi connectivity index (χ3n) is 3.17. The van der Waals surface area contributed by atoms with Crippen molar-refractivity contribution in [3.8, 4) is 17.0 Å². The van der Waals surface area contributed by atoms with E-state index in [-0.39, 0.29) is 5.97 Å². The van der Waals surface area contributed by atoms with Crippen LogP contribution in [0.2, 0.25) is 0 Å². The Bertz CT molecular complexity index is 910. The van der Waals surface area contributed by atoms with E-state index < -0.39 is 0 Å². The van der Waals surface area contributed by atoms with E-state index in [1.807, 2.05) is 35.7 Å². The fraction of sp³-hybridized carbons (Fsp3) is 0.0556. The van der Waals surface area contributed by atoms with E-state index in [4.69, 9.17) is 4.74 Å². The summed E-state index contributed by atoms with van der Waals surface area (Å²) < 4.78 is 5.92. The summed E-state index contributed by atoms with van der Waals surface area (Å²) >= 11 is 4.92. The molecule has 0 spiro atoms. The Balaban J connectivity index is 1.69. The first-order valence-electron chi connectivity index (χ1n) is 7.40. The van der Waals surface area contributed by atoms with Crippen molar-refractivity contribution in [2.75, 3.05) is 5.43 Å². The minimum absolute atomic E-state index is 0.362. The average Bonchev–Trinajstić information content (AvgIpc) is 3.07. The molecule has 5 nitrogen and oxygen atoms in total. The van der Waals surface area contributed by atoms with Gasteiger partial charge in [-0.2, -0.15) is 5.10 Å². The van der Waals surface area contributed by atoms with Crippen LogP contribution in [-0.4, -0.2) is 17.2 Å². The molecule has 0 saturated carbocycles. The number of rotatable bonds is 5. The zero-order chi connectivity index (χ0) is 17.6. The lowest BCUT2D eigenvalue weighted by atomic mass is 10.2. The van der Waals surface area contributed by atoms with Crippen LogP contribution in [0.25, 0.3) is 11.3 Å². The predicted octanol–water partition coefficient (Wildman–Crippen LogP) is 4.94. The topological polar surface area (TPSA) is 63.6 Å². The number of nitrogens with one attached hydrogen (secondary N) is 1. The number of hydrogen-bond acceptors (Lipinski definition) is 6. The van der Waals surface area contributed by atoms with E-state index in [2.05, 4.69) is 31.4 Å². The molecule has 1 aromatic heterocycles. The van der Waals surface area contributed by atoms with Gasteiger partial charge < -0.3 is 4.74 Å². The number of anilines is 1. The summed E-state index contributed by atoms with van der Waals surface area (Å²) in [6.45, 7) is 1.37. The fourth-order valence-corrected chi connectivity index (χ4v) is 3.09. The molecule has 0 atom stereocenters. The number of carbonyl (C=O) groups excluding carboxylic acids is 1. The van der Waals surface area contributed by atoms with Gasteiger partial charge in [0.05, 0.1) is 11.9 Å². The third-order valence-corrected chi connectivity index (χ3v) is 4.64. The molecule has 1 heterocycles. The highest BCUT2D eigenvalue weighted by Crippen LogP contribution is 2.25. The molecule has 0 unspecified atom stereocenters. The van der Waals surface area contributed by atoms with Crippen molar-refractivity contribution < 1.29 is 9.53 Å². The average molecular weight is 416 g/mol. The van der Waals surface area contributed by atoms with Crippen LogP contribution in [0.5, 0.6) is 5.75 Å². The van der Waals surface area contributed by atoms with Crippen LogP contribution >= 0.6 is 27.3 Å². The lowest BCUT2D eigenvalue weighted by Gasteiger charge is -2.04. The molecule has 25 heavy (non-hydrogen) atoms. The maximum atomic E-state index is 11.0. The molecule has 0 amide bonds. The number of esters is 1. The van der Waals surface area contributed by atoms with E-state index in [0.29, 0.717) is 10.9 Å². The van der Waals surface area contributed by atoms with Gasteiger partial charge in [-0.05, 0) is 18.2 Å². The zero-order valence-corrected chi connectivity index (χ0v) is 15.7. The summed E-state index contributed by atoms with van der Waals surface area (Å²) in [6, 6.07) is 15.2. The van der Waals surface area contributed by atoms with Gasteiger partial charge in [0.1, 0.15) is 5.75 Å². The molecular formula is C18H14BrN3O2S. The van der Waals surface area contributed by atoms with Gasteiger partial charge >= 0.3 is 5.97 Å². The summed E-state index contributed by atoms with van der Waals surface area (Å²) in [5, 5.41) is 6.88. The lowest BCUT2D eigenvalue weighted by Crippen LogP contribution is -2.02. The van der Waals surface area contributed by atoms with Crippen molar-refractivity contribution >= 4 is 44.6 Å². The van der Waals surface area contributed by atoms with Gasteiger partial charge in [-0.15, -0.1) is 11.3 Å². The fourth-order valence-electron chi connectivity index (χ4n) is 2.07. The summed E-state index contributed by atoms with van der Waals surface area (Å²) in [5.74, 6) is 0.109. The smallest absolute Gasteiger partial charge is 0.308 e. The molecule has 0 bridgehead atoms. The Morgan fingerprint density at radius 2 is 2.08 bits per heavy atom. The predicted molar refractivity (Wildman–Crippen MR) is 104 cm³/mol. The van der Waals surface area contributed by atoms with E-state index >= 15 is 0 Å². The van der Waals surface area contributed by atoms with Gasteiger partial charge in [0.25, 0.3) is 0 Å². The van der Waals surface area contributed by atoms with Crippen LogP contribution in [0.15, 0.2) is 63.5 Å². The van der Waals surface area contributed by atoms with Crippen molar-refractivity contribution in [1.82, 2.24) is 4.98 Å². The highest BCUT2D eigenvalue weighted by atomic mass is 79.9. The van der Waals surface area contributed by atoms with Crippen LogP contribution in [0.4, 0.5) is 5.13 Å². The normalized spacial score (nSPS) is 10.8. The first-order chi connectivity index (χ1) is 12.1. The van der Waals surface area contributed by atoms with Crippen LogP contribution in [0.3, 0.4) is 0 Å². The summed E-state index contributed by atoms with van der Waals surface area (Å²) in [6.07, 6.45) is 1.64. The minimum atomic E-state index is -0.362. The highest BCUT2D eigenvalue weighted by molar-refractivity contribution is 9.10. The summed E-state index contributed by atoms with van der Waals surface area (Å²) in [5.41, 5.74) is 5.67. The Kier molecular flexibility index (Phi) is 5.57. The second-order valence-corrected chi connectivity index (χ2v) is 6.76. The standard InChI is InChI=1S/C18H14BrN3O2S/c1-12(23)24-15-7-8-16(19)14(9-15)10-20-22-18-21-17(11-25-18)13-5-3-2-4-6-13/h2-11H,1H3,(H,21,22). The number of aromatic nitrogens is 1. The van der Waals surface area contributed by atoms with Gasteiger partial charge in [0.2, 0.25) is 5.13 Å². The molecule has 1 N–H and O–H groups in total. The molecule has 0 aliphatic heterocycles. The van der Waals surface area contributed by atoms with Gasteiger partial charge in [0, 0.05) is 27.9 Å². The Hall–Kier alpha value is -2.51. The number of halogens is 1. The van der Waals surface area contributed by atoms with E-state index in [1.165, 1.54) is 18.3 Å². The molecule has 0 radical (unpaired) electrons. The second-order valence-electron chi connectivity index (χ2n) is 5.05. The molecule has 0 aliphatic carbocycles. The van der Waals surface area contributed by atoms with Crippen molar-refractivity contribution in [3.05, 3.63) is 63.9 Å². The Morgan fingerprint density at radius 3 is 2.84 bits per heavy atom. The number of hydrazone groups is 1. The molecule has 0 aliphatic rings. The number of hydrogen-bond donors (Lipinski definition) is 1. The molecule has 0 saturated heterocycles. The Labute approximate surface area is 157 Å². The number of carbonyl (C=O) groups is 1. The van der Waals surface area contributed by atoms with Crippen molar-refractivity contribution in [1.29, 1.82) is 0 Å². The van der Waals surface area contributed by atoms with E-state index in [0.717, 1.165) is 21.3 Å². The number of nitrogens with zero attached hydrogens (tertiary/aromatic N) is 2. The second kappa shape index (κ2) is 8.04. The summed E-state index contributed by atoms with van der Waals surface area (Å²) in [4.78, 5) is 15.5. The minimum Gasteiger partial charge on any atom is -0.427 e. The van der Waals surface area contributed by atoms with Gasteiger partial charge in [-0.1, -0.05) is 46.3 Å². The largest absolute Gasteiger partial charge is 0.427 e. The van der Waals surface area contributed by atoms with Crippen molar-refractivity contribution in [3.63, 3.8) is 0 Å². The molecule has 126 valence electrons. The van der Waals surface area contributed by atoms with Gasteiger partial charge in [-0.25, -0.2) is 4.98 Å². The van der Waals surface area contributed by atoms with Crippen LogP contribution in [-0.2, 0) is 4.79 Å². The van der Waals surface area contributed by atoms with Crippen LogP contribution in [0.1, 0.15) is 12.5 Å². The lowest BCUT2D eigenvalue weighted by molar-refractivity contribution is -0.131. The monoisotopic (exact) mass is 415 g/mol. The molecule has 7 heteroatoms.